The molecule has 2 aromatic carbocycles. The van der Waals surface area contributed by atoms with Crippen molar-refractivity contribution in [1.29, 1.82) is 0 Å². The molecule has 29 heavy (non-hydrogen) atoms. The van der Waals surface area contributed by atoms with Crippen molar-refractivity contribution < 1.29 is 9.59 Å². The molecule has 2 aromatic rings. The molecule has 0 bridgehead atoms. The first-order chi connectivity index (χ1) is 13.9. The lowest BCUT2D eigenvalue weighted by Gasteiger charge is -2.35. The third-order valence-corrected chi connectivity index (χ3v) is 5.47. The van der Waals surface area contributed by atoms with Crippen molar-refractivity contribution in [3.05, 3.63) is 58.6 Å². The zero-order valence-corrected chi connectivity index (χ0v) is 17.6. The van der Waals surface area contributed by atoms with E-state index in [-0.39, 0.29) is 18.4 Å². The van der Waals surface area contributed by atoms with Crippen molar-refractivity contribution in [3.8, 4) is 0 Å². The summed E-state index contributed by atoms with van der Waals surface area (Å²) in [5.41, 5.74) is 4.03. The molecule has 0 spiro atoms. The van der Waals surface area contributed by atoms with Gasteiger partial charge in [-0.3, -0.25) is 14.5 Å². The number of nitrogens with zero attached hydrogens (tertiary/aromatic N) is 2. The number of anilines is 2. The number of halogens is 1. The Morgan fingerprint density at radius 1 is 1.00 bits per heavy atom. The van der Waals surface area contributed by atoms with Gasteiger partial charge in [-0.25, -0.2) is 0 Å². The van der Waals surface area contributed by atoms with Gasteiger partial charge in [0, 0.05) is 42.6 Å². The van der Waals surface area contributed by atoms with Crippen LogP contribution in [0.1, 0.15) is 11.1 Å². The number of carbonyl (C=O) groups is 2. The van der Waals surface area contributed by atoms with Crippen LogP contribution < -0.4 is 15.5 Å². The van der Waals surface area contributed by atoms with Gasteiger partial charge in [0.25, 0.3) is 0 Å². The van der Waals surface area contributed by atoms with Gasteiger partial charge in [-0.1, -0.05) is 29.8 Å². The number of piperazine rings is 1. The summed E-state index contributed by atoms with van der Waals surface area (Å²) in [6, 6.07) is 13.6. The van der Waals surface area contributed by atoms with Crippen molar-refractivity contribution in [3.63, 3.8) is 0 Å². The third kappa shape index (κ3) is 5.95. The highest BCUT2D eigenvalue weighted by atomic mass is 35.5. The van der Waals surface area contributed by atoms with Crippen molar-refractivity contribution in [2.45, 2.75) is 13.8 Å². The van der Waals surface area contributed by atoms with Crippen LogP contribution in [0, 0.1) is 13.8 Å². The minimum Gasteiger partial charge on any atom is -0.369 e. The van der Waals surface area contributed by atoms with Crippen molar-refractivity contribution >= 4 is 34.8 Å². The van der Waals surface area contributed by atoms with E-state index in [2.05, 4.69) is 20.4 Å². The van der Waals surface area contributed by atoms with Crippen LogP contribution >= 0.6 is 11.6 Å². The van der Waals surface area contributed by atoms with Gasteiger partial charge in [0.2, 0.25) is 11.8 Å². The molecule has 0 aromatic heterocycles. The number of hydrogen-bond acceptors (Lipinski definition) is 4. The second kappa shape index (κ2) is 9.76. The quantitative estimate of drug-likeness (QED) is 0.762. The second-order valence-corrected chi connectivity index (χ2v) is 7.75. The first-order valence-electron chi connectivity index (χ1n) is 9.78. The minimum absolute atomic E-state index is 0.0330. The Morgan fingerprint density at radius 3 is 2.45 bits per heavy atom. The Hall–Kier alpha value is -2.57. The van der Waals surface area contributed by atoms with Crippen LogP contribution in [0.25, 0.3) is 0 Å². The molecule has 6 nitrogen and oxygen atoms in total. The molecule has 1 aliphatic rings. The highest BCUT2D eigenvalue weighted by Crippen LogP contribution is 2.20. The topological polar surface area (TPSA) is 64.7 Å². The zero-order valence-electron chi connectivity index (χ0n) is 16.9. The first-order valence-corrected chi connectivity index (χ1v) is 10.2. The van der Waals surface area contributed by atoms with Gasteiger partial charge in [0.15, 0.2) is 0 Å². The van der Waals surface area contributed by atoms with Gasteiger partial charge in [-0.05, 0) is 49.2 Å². The summed E-state index contributed by atoms with van der Waals surface area (Å²) in [4.78, 5) is 28.7. The molecular weight excluding hydrogens is 388 g/mol. The summed E-state index contributed by atoms with van der Waals surface area (Å²) in [6.45, 7) is 7.46. The highest BCUT2D eigenvalue weighted by molar-refractivity contribution is 6.30. The lowest BCUT2D eigenvalue weighted by atomic mass is 10.1. The fourth-order valence-electron chi connectivity index (χ4n) is 3.36. The fraction of sp³-hybridized carbons (Fsp3) is 0.364. The molecular formula is C22H27ClN4O2. The first kappa shape index (κ1) is 21.1. The van der Waals surface area contributed by atoms with Gasteiger partial charge in [-0.2, -0.15) is 0 Å². The molecule has 7 heteroatoms. The third-order valence-electron chi connectivity index (χ3n) is 5.24. The molecule has 2 N–H and O–H groups in total. The van der Waals surface area contributed by atoms with Crippen LogP contribution in [0.5, 0.6) is 0 Å². The maximum atomic E-state index is 12.2. The van der Waals surface area contributed by atoms with E-state index in [9.17, 15) is 9.59 Å². The summed E-state index contributed by atoms with van der Waals surface area (Å²) < 4.78 is 0. The van der Waals surface area contributed by atoms with E-state index in [1.165, 1.54) is 0 Å². The molecule has 1 aliphatic heterocycles. The molecule has 0 atom stereocenters. The molecule has 1 heterocycles. The lowest BCUT2D eigenvalue weighted by molar-refractivity contribution is -0.125. The van der Waals surface area contributed by atoms with E-state index in [1.54, 1.807) is 0 Å². The zero-order chi connectivity index (χ0) is 20.8. The average molecular weight is 415 g/mol. The standard InChI is InChI=1S/C22H27ClN4O2/c1-16-5-3-8-20(17(16)2)25-21(28)14-24-22(29)15-26-9-11-27(12-10-26)19-7-4-6-18(23)13-19/h3-8,13H,9-12,14-15H2,1-2H3,(H,24,29)(H,25,28). The summed E-state index contributed by atoms with van der Waals surface area (Å²) >= 11 is 6.07. The molecule has 2 amide bonds. The monoisotopic (exact) mass is 414 g/mol. The van der Waals surface area contributed by atoms with Gasteiger partial charge in [0.05, 0.1) is 13.1 Å². The lowest BCUT2D eigenvalue weighted by Crippen LogP contribution is -2.50. The normalized spacial score (nSPS) is 14.5. The van der Waals surface area contributed by atoms with Crippen molar-refractivity contribution in [2.24, 2.45) is 0 Å². The molecule has 1 saturated heterocycles. The molecule has 0 unspecified atom stereocenters. The van der Waals surface area contributed by atoms with Gasteiger partial charge in [0.1, 0.15) is 0 Å². The second-order valence-electron chi connectivity index (χ2n) is 7.32. The largest absolute Gasteiger partial charge is 0.369 e. The number of benzene rings is 2. The van der Waals surface area contributed by atoms with Crippen LogP contribution in [0.4, 0.5) is 11.4 Å². The number of aryl methyl sites for hydroxylation is 1. The number of rotatable bonds is 6. The van der Waals surface area contributed by atoms with Crippen molar-refractivity contribution in [1.82, 2.24) is 10.2 Å². The molecule has 0 radical (unpaired) electrons. The molecule has 154 valence electrons. The molecule has 3 rings (SSSR count). The van der Waals surface area contributed by atoms with E-state index < -0.39 is 0 Å². The minimum atomic E-state index is -0.224. The van der Waals surface area contributed by atoms with Gasteiger partial charge < -0.3 is 15.5 Å². The SMILES string of the molecule is Cc1cccc(NC(=O)CNC(=O)CN2CCN(c3cccc(Cl)c3)CC2)c1C. The van der Waals surface area contributed by atoms with Gasteiger partial charge in [-0.15, -0.1) is 0 Å². The Morgan fingerprint density at radius 2 is 1.72 bits per heavy atom. The molecule has 1 fully saturated rings. The number of hydrogen-bond donors (Lipinski definition) is 2. The van der Waals surface area contributed by atoms with Crippen LogP contribution in [0.15, 0.2) is 42.5 Å². The predicted octanol–water partition coefficient (Wildman–Crippen LogP) is 2.83. The van der Waals surface area contributed by atoms with Crippen LogP contribution in [0.2, 0.25) is 5.02 Å². The fourth-order valence-corrected chi connectivity index (χ4v) is 3.54. The van der Waals surface area contributed by atoms with Crippen LogP contribution in [0.3, 0.4) is 0 Å². The Balaban J connectivity index is 1.40. The Labute approximate surface area is 176 Å². The van der Waals surface area contributed by atoms with Crippen molar-refractivity contribution in [2.75, 3.05) is 49.5 Å². The van der Waals surface area contributed by atoms with E-state index in [0.717, 1.165) is 53.7 Å². The highest BCUT2D eigenvalue weighted by Gasteiger charge is 2.19. The van der Waals surface area contributed by atoms with E-state index in [0.29, 0.717) is 6.54 Å². The summed E-state index contributed by atoms with van der Waals surface area (Å²) in [6.07, 6.45) is 0. The number of amides is 2. The van der Waals surface area contributed by atoms with E-state index >= 15 is 0 Å². The average Bonchev–Trinajstić information content (AvgIpc) is 2.70. The van der Waals surface area contributed by atoms with Crippen LogP contribution in [-0.4, -0.2) is 56.0 Å². The predicted molar refractivity (Wildman–Crippen MR) is 118 cm³/mol. The maximum absolute atomic E-state index is 12.2. The Kier molecular flexibility index (Phi) is 7.12. The van der Waals surface area contributed by atoms with Crippen LogP contribution in [-0.2, 0) is 9.59 Å². The number of nitrogens with one attached hydrogen (secondary N) is 2. The smallest absolute Gasteiger partial charge is 0.243 e. The Bertz CT molecular complexity index is 879. The summed E-state index contributed by atoms with van der Waals surface area (Å²) in [5, 5.41) is 6.29. The summed E-state index contributed by atoms with van der Waals surface area (Å²) in [5.74, 6) is -0.366. The molecule has 0 aliphatic carbocycles. The molecule has 0 saturated carbocycles. The van der Waals surface area contributed by atoms with Gasteiger partial charge >= 0.3 is 0 Å². The van der Waals surface area contributed by atoms with E-state index in [4.69, 9.17) is 11.6 Å². The number of carbonyl (C=O) groups excluding carboxylic acids is 2. The summed E-state index contributed by atoms with van der Waals surface area (Å²) in [7, 11) is 0. The van der Waals surface area contributed by atoms with E-state index in [1.807, 2.05) is 56.3 Å². The maximum Gasteiger partial charge on any atom is 0.243 e.